The van der Waals surface area contributed by atoms with Crippen molar-refractivity contribution in [2.24, 2.45) is 0 Å². The molecule has 0 spiro atoms. The van der Waals surface area contributed by atoms with Crippen LogP contribution in [0.2, 0.25) is 0 Å². The highest BCUT2D eigenvalue weighted by Gasteiger charge is 2.14. The minimum Gasteiger partial charge on any atom is -0.493 e. The molecule has 158 valence electrons. The first-order valence-corrected chi connectivity index (χ1v) is 9.10. The summed E-state index contributed by atoms with van der Waals surface area (Å²) in [5, 5.41) is 2.75. The number of hydrogen-bond donors (Lipinski definition) is 3. The highest BCUT2D eigenvalue weighted by atomic mass is 19.1. The Kier molecular flexibility index (Phi) is 5.52. The molecule has 0 fully saturated rings. The van der Waals surface area contributed by atoms with Gasteiger partial charge in [0.15, 0.2) is 22.9 Å². The number of pyridine rings is 1. The minimum atomic E-state index is -0.987. The summed E-state index contributed by atoms with van der Waals surface area (Å²) in [6.45, 7) is -0.987. The van der Waals surface area contributed by atoms with Crippen LogP contribution >= 0.6 is 0 Å². The molecular weight excluding hydrogens is 407 g/mol. The molecule has 0 aliphatic carbocycles. The summed E-state index contributed by atoms with van der Waals surface area (Å²) in [4.78, 5) is 33.4. The number of rotatable bonds is 7. The SMILES string of the molecule is COc1ccc(NC(=O)c2cccc(OCF)c2)cc1Oc1ccnc2[nH]c(=O)[nH]c12. The van der Waals surface area contributed by atoms with Crippen LogP contribution < -0.4 is 25.2 Å². The number of fused-ring (bicyclic) bond motifs is 1. The lowest BCUT2D eigenvalue weighted by Crippen LogP contribution is -2.12. The van der Waals surface area contributed by atoms with Gasteiger partial charge in [-0.15, -0.1) is 0 Å². The monoisotopic (exact) mass is 424 g/mol. The van der Waals surface area contributed by atoms with E-state index < -0.39 is 18.5 Å². The van der Waals surface area contributed by atoms with E-state index in [9.17, 15) is 14.0 Å². The summed E-state index contributed by atoms with van der Waals surface area (Å²) in [5.41, 5.74) is 1.07. The largest absolute Gasteiger partial charge is 0.493 e. The van der Waals surface area contributed by atoms with Crippen molar-refractivity contribution in [2.45, 2.75) is 0 Å². The number of benzene rings is 2. The zero-order chi connectivity index (χ0) is 21.8. The Bertz CT molecular complexity index is 1300. The number of carbonyl (C=O) groups excluding carboxylic acids is 1. The standard InChI is InChI=1S/C21H17FN4O5/c1-29-15-6-5-13(24-20(27)12-3-2-4-14(9-12)30-11-22)10-17(15)31-16-7-8-23-19-18(16)25-21(28)26-19/h2-10H,11H2,1H3,(H,24,27)(H2,23,25,26,28). The van der Waals surface area contributed by atoms with E-state index in [4.69, 9.17) is 14.2 Å². The Morgan fingerprint density at radius 1 is 1.10 bits per heavy atom. The van der Waals surface area contributed by atoms with Gasteiger partial charge in [0, 0.05) is 29.6 Å². The quantitative estimate of drug-likeness (QED) is 0.417. The molecule has 9 nitrogen and oxygen atoms in total. The fourth-order valence-electron chi connectivity index (χ4n) is 2.94. The van der Waals surface area contributed by atoms with Gasteiger partial charge in [-0.05, 0) is 30.3 Å². The van der Waals surface area contributed by atoms with Crippen molar-refractivity contribution in [3.63, 3.8) is 0 Å². The number of aromatic nitrogens is 3. The fraction of sp³-hybridized carbons (Fsp3) is 0.0952. The third kappa shape index (κ3) is 4.32. The number of anilines is 1. The summed E-state index contributed by atoms with van der Waals surface area (Å²) >= 11 is 0. The van der Waals surface area contributed by atoms with Crippen molar-refractivity contribution in [1.82, 2.24) is 15.0 Å². The Balaban J connectivity index is 1.61. The molecule has 4 rings (SSSR count). The molecule has 0 saturated heterocycles. The number of ether oxygens (including phenoxy) is 3. The van der Waals surface area contributed by atoms with Crippen LogP contribution in [0.1, 0.15) is 10.4 Å². The average Bonchev–Trinajstić information content (AvgIpc) is 3.16. The number of amides is 1. The van der Waals surface area contributed by atoms with Gasteiger partial charge >= 0.3 is 5.69 Å². The third-order valence-corrected chi connectivity index (χ3v) is 4.34. The second-order valence-electron chi connectivity index (χ2n) is 6.31. The van der Waals surface area contributed by atoms with Crippen LogP contribution in [0.5, 0.6) is 23.0 Å². The third-order valence-electron chi connectivity index (χ3n) is 4.34. The lowest BCUT2D eigenvalue weighted by molar-refractivity contribution is 0.102. The summed E-state index contributed by atoms with van der Waals surface area (Å²) in [6.07, 6.45) is 1.49. The zero-order valence-electron chi connectivity index (χ0n) is 16.3. The number of halogens is 1. The van der Waals surface area contributed by atoms with Gasteiger partial charge in [0.05, 0.1) is 7.11 Å². The smallest absolute Gasteiger partial charge is 0.325 e. The topological polar surface area (TPSA) is 118 Å². The molecule has 2 heterocycles. The highest BCUT2D eigenvalue weighted by molar-refractivity contribution is 6.04. The predicted molar refractivity (Wildman–Crippen MR) is 111 cm³/mol. The van der Waals surface area contributed by atoms with E-state index in [0.717, 1.165) is 0 Å². The first-order valence-electron chi connectivity index (χ1n) is 9.10. The Morgan fingerprint density at radius 2 is 1.97 bits per heavy atom. The lowest BCUT2D eigenvalue weighted by Gasteiger charge is -2.13. The first kappa shape index (κ1) is 20.0. The van der Waals surface area contributed by atoms with E-state index in [1.54, 1.807) is 42.5 Å². The first-order chi connectivity index (χ1) is 15.1. The zero-order valence-corrected chi connectivity index (χ0v) is 16.3. The average molecular weight is 424 g/mol. The van der Waals surface area contributed by atoms with Gasteiger partial charge in [-0.2, -0.15) is 0 Å². The molecule has 0 bridgehead atoms. The number of nitrogens with one attached hydrogen (secondary N) is 3. The van der Waals surface area contributed by atoms with Crippen molar-refractivity contribution in [3.8, 4) is 23.0 Å². The van der Waals surface area contributed by atoms with Crippen molar-refractivity contribution in [1.29, 1.82) is 0 Å². The van der Waals surface area contributed by atoms with Crippen LogP contribution in [0.3, 0.4) is 0 Å². The van der Waals surface area contributed by atoms with Gasteiger partial charge in [0.2, 0.25) is 6.86 Å². The highest BCUT2D eigenvalue weighted by Crippen LogP contribution is 2.35. The van der Waals surface area contributed by atoms with Gasteiger partial charge in [-0.25, -0.2) is 14.2 Å². The Morgan fingerprint density at radius 3 is 2.77 bits per heavy atom. The molecule has 2 aromatic carbocycles. The molecule has 3 N–H and O–H groups in total. The maximum Gasteiger partial charge on any atom is 0.325 e. The number of hydrogen-bond acceptors (Lipinski definition) is 6. The number of methoxy groups -OCH3 is 1. The molecular formula is C21H17FN4O5. The summed E-state index contributed by atoms with van der Waals surface area (Å²) < 4.78 is 28.4. The van der Waals surface area contributed by atoms with Crippen LogP contribution in [-0.2, 0) is 0 Å². The number of aromatic amines is 2. The number of carbonyl (C=O) groups is 1. The van der Waals surface area contributed by atoms with Gasteiger partial charge in [0.25, 0.3) is 5.91 Å². The molecule has 10 heteroatoms. The van der Waals surface area contributed by atoms with E-state index in [0.29, 0.717) is 39.7 Å². The van der Waals surface area contributed by atoms with E-state index in [1.165, 1.54) is 19.4 Å². The van der Waals surface area contributed by atoms with Crippen molar-refractivity contribution >= 4 is 22.8 Å². The molecule has 2 aromatic heterocycles. The van der Waals surface area contributed by atoms with Crippen molar-refractivity contribution < 1.29 is 23.4 Å². The van der Waals surface area contributed by atoms with Gasteiger partial charge in [0.1, 0.15) is 11.3 Å². The van der Waals surface area contributed by atoms with Crippen molar-refractivity contribution in [3.05, 3.63) is 70.8 Å². The molecule has 31 heavy (non-hydrogen) atoms. The fourth-order valence-corrected chi connectivity index (χ4v) is 2.94. The number of nitrogens with zero attached hydrogens (tertiary/aromatic N) is 1. The van der Waals surface area contributed by atoms with Gasteiger partial charge < -0.3 is 24.5 Å². The van der Waals surface area contributed by atoms with E-state index in [1.807, 2.05) is 0 Å². The van der Waals surface area contributed by atoms with Crippen LogP contribution in [0.4, 0.5) is 10.1 Å². The molecule has 0 aliphatic heterocycles. The number of H-pyrrole nitrogens is 2. The maximum absolute atomic E-state index is 12.6. The van der Waals surface area contributed by atoms with Crippen LogP contribution in [-0.4, -0.2) is 34.8 Å². The Hall–Kier alpha value is -4.34. The number of alkyl halides is 1. The van der Waals surface area contributed by atoms with Crippen LogP contribution in [0, 0.1) is 0 Å². The maximum atomic E-state index is 12.6. The summed E-state index contributed by atoms with van der Waals surface area (Å²) in [5.74, 6) is 0.905. The van der Waals surface area contributed by atoms with Crippen molar-refractivity contribution in [2.75, 3.05) is 19.3 Å². The van der Waals surface area contributed by atoms with Gasteiger partial charge in [-0.3, -0.25) is 9.78 Å². The molecule has 0 atom stereocenters. The van der Waals surface area contributed by atoms with E-state index in [-0.39, 0.29) is 5.75 Å². The lowest BCUT2D eigenvalue weighted by atomic mass is 10.2. The molecule has 0 aliphatic rings. The summed E-state index contributed by atoms with van der Waals surface area (Å²) in [6, 6.07) is 12.6. The van der Waals surface area contributed by atoms with Gasteiger partial charge in [-0.1, -0.05) is 6.07 Å². The summed E-state index contributed by atoms with van der Waals surface area (Å²) in [7, 11) is 1.48. The second-order valence-corrected chi connectivity index (χ2v) is 6.31. The molecule has 0 unspecified atom stereocenters. The minimum absolute atomic E-state index is 0.246. The predicted octanol–water partition coefficient (Wildman–Crippen LogP) is 3.61. The molecule has 0 radical (unpaired) electrons. The van der Waals surface area contributed by atoms with E-state index >= 15 is 0 Å². The normalized spacial score (nSPS) is 10.6. The molecule has 4 aromatic rings. The molecule has 0 saturated carbocycles. The van der Waals surface area contributed by atoms with Crippen LogP contribution in [0.15, 0.2) is 59.5 Å². The van der Waals surface area contributed by atoms with E-state index in [2.05, 4.69) is 20.3 Å². The second kappa shape index (κ2) is 8.57. The number of imidazole rings is 1. The Labute approximate surface area is 174 Å². The van der Waals surface area contributed by atoms with Crippen LogP contribution in [0.25, 0.3) is 11.2 Å². The molecule has 1 amide bonds.